The van der Waals surface area contributed by atoms with Crippen LogP contribution < -0.4 is 0 Å². The summed E-state index contributed by atoms with van der Waals surface area (Å²) in [5.74, 6) is 1.50. The molecule has 2 bridgehead atoms. The molecule has 0 spiro atoms. The normalized spacial score (nSPS) is 29.8. The third-order valence-electron chi connectivity index (χ3n) is 4.52. The quantitative estimate of drug-likeness (QED) is 0.820. The molecule has 0 heterocycles. The second-order valence-corrected chi connectivity index (χ2v) is 6.58. The third kappa shape index (κ3) is 2.25. The molecule has 1 nitrogen and oxygen atoms in total. The van der Waals surface area contributed by atoms with Crippen LogP contribution in [0.3, 0.4) is 0 Å². The zero-order valence-corrected chi connectivity index (χ0v) is 11.7. The van der Waals surface area contributed by atoms with Crippen LogP contribution in [-0.4, -0.2) is 5.78 Å². The first kappa shape index (κ1) is 12.3. The molecule has 18 heavy (non-hydrogen) atoms. The molecule has 2 fully saturated rings. The number of fused-ring (bicyclic) bond motifs is 2. The van der Waals surface area contributed by atoms with E-state index >= 15 is 0 Å². The van der Waals surface area contributed by atoms with E-state index in [1.54, 1.807) is 12.1 Å². The SMILES string of the molecule is O=C(Cc1cc(Br)ccc1F)C1CC2CCC1C2. The fourth-order valence-corrected chi connectivity index (χ4v) is 4.05. The lowest BCUT2D eigenvalue weighted by atomic mass is 9.83. The molecule has 0 N–H and O–H groups in total. The number of rotatable bonds is 3. The highest BCUT2D eigenvalue weighted by molar-refractivity contribution is 9.10. The van der Waals surface area contributed by atoms with Gasteiger partial charge in [0.05, 0.1) is 0 Å². The van der Waals surface area contributed by atoms with Crippen molar-refractivity contribution in [1.29, 1.82) is 0 Å². The van der Waals surface area contributed by atoms with Gasteiger partial charge >= 0.3 is 0 Å². The first-order valence-corrected chi connectivity index (χ1v) is 7.39. The minimum absolute atomic E-state index is 0.196. The number of hydrogen-bond donors (Lipinski definition) is 0. The first-order valence-electron chi connectivity index (χ1n) is 6.60. The molecule has 3 heteroatoms. The Hall–Kier alpha value is -0.700. The van der Waals surface area contributed by atoms with Crippen molar-refractivity contribution in [3.63, 3.8) is 0 Å². The van der Waals surface area contributed by atoms with Crippen LogP contribution in [0.4, 0.5) is 4.39 Å². The Morgan fingerprint density at radius 2 is 2.17 bits per heavy atom. The molecule has 0 aliphatic heterocycles. The monoisotopic (exact) mass is 310 g/mol. The topological polar surface area (TPSA) is 17.1 Å². The fourth-order valence-electron chi connectivity index (χ4n) is 3.64. The molecule has 3 rings (SSSR count). The van der Waals surface area contributed by atoms with Crippen LogP contribution in [-0.2, 0) is 11.2 Å². The number of carbonyl (C=O) groups excluding carboxylic acids is 1. The lowest BCUT2D eigenvalue weighted by molar-refractivity contribution is -0.123. The van der Waals surface area contributed by atoms with Crippen molar-refractivity contribution < 1.29 is 9.18 Å². The molecule has 0 saturated heterocycles. The zero-order valence-electron chi connectivity index (χ0n) is 10.2. The molecule has 2 saturated carbocycles. The fraction of sp³-hybridized carbons (Fsp3) is 0.533. The average Bonchev–Trinajstić information content (AvgIpc) is 2.96. The van der Waals surface area contributed by atoms with Gasteiger partial charge in [-0.25, -0.2) is 4.39 Å². The average molecular weight is 311 g/mol. The van der Waals surface area contributed by atoms with Gasteiger partial charge in [-0.2, -0.15) is 0 Å². The van der Waals surface area contributed by atoms with E-state index in [1.165, 1.54) is 25.3 Å². The summed E-state index contributed by atoms with van der Waals surface area (Å²) in [7, 11) is 0. The Morgan fingerprint density at radius 3 is 2.83 bits per heavy atom. The number of halogens is 2. The van der Waals surface area contributed by atoms with E-state index in [0.717, 1.165) is 16.8 Å². The standard InChI is InChI=1S/C15H16BrFO/c16-12-3-4-14(17)11(7-12)8-15(18)13-6-9-1-2-10(13)5-9/h3-4,7,9-10,13H,1-2,5-6,8H2. The second kappa shape index (κ2) is 4.76. The van der Waals surface area contributed by atoms with Crippen LogP contribution in [0, 0.1) is 23.6 Å². The van der Waals surface area contributed by atoms with Crippen LogP contribution in [0.1, 0.15) is 31.2 Å². The van der Waals surface area contributed by atoms with E-state index in [4.69, 9.17) is 0 Å². The van der Waals surface area contributed by atoms with Gasteiger partial charge in [-0.3, -0.25) is 4.79 Å². The third-order valence-corrected chi connectivity index (χ3v) is 5.02. The van der Waals surface area contributed by atoms with Gasteiger partial charge in [0.2, 0.25) is 0 Å². The number of Topliss-reactive ketones (excluding diaryl/α,β-unsaturated/α-hetero) is 1. The van der Waals surface area contributed by atoms with Crippen LogP contribution in [0.5, 0.6) is 0 Å². The van der Waals surface area contributed by atoms with Crippen LogP contribution in [0.15, 0.2) is 22.7 Å². The maximum Gasteiger partial charge on any atom is 0.140 e. The number of ketones is 1. The highest BCUT2D eigenvalue weighted by Crippen LogP contribution is 2.48. The largest absolute Gasteiger partial charge is 0.299 e. The minimum atomic E-state index is -0.269. The Morgan fingerprint density at radius 1 is 1.33 bits per heavy atom. The lowest BCUT2D eigenvalue weighted by Gasteiger charge is -2.20. The number of carbonyl (C=O) groups is 1. The van der Waals surface area contributed by atoms with Crippen molar-refractivity contribution >= 4 is 21.7 Å². The smallest absolute Gasteiger partial charge is 0.140 e. The van der Waals surface area contributed by atoms with Gasteiger partial charge in [0.25, 0.3) is 0 Å². The molecule has 2 aliphatic rings. The Kier molecular flexibility index (Phi) is 3.27. The molecule has 0 amide bonds. The molecule has 0 radical (unpaired) electrons. The van der Waals surface area contributed by atoms with Gasteiger partial charge in [0.1, 0.15) is 11.6 Å². The van der Waals surface area contributed by atoms with Gasteiger partial charge in [0.15, 0.2) is 0 Å². The zero-order chi connectivity index (χ0) is 12.7. The van der Waals surface area contributed by atoms with Crippen molar-refractivity contribution in [3.05, 3.63) is 34.1 Å². The van der Waals surface area contributed by atoms with Crippen LogP contribution in [0.25, 0.3) is 0 Å². The summed E-state index contributed by atoms with van der Waals surface area (Å²) >= 11 is 3.32. The summed E-state index contributed by atoms with van der Waals surface area (Å²) in [6.07, 6.45) is 5.00. The van der Waals surface area contributed by atoms with E-state index in [2.05, 4.69) is 15.9 Å². The van der Waals surface area contributed by atoms with E-state index in [-0.39, 0.29) is 23.9 Å². The van der Waals surface area contributed by atoms with E-state index < -0.39 is 0 Å². The van der Waals surface area contributed by atoms with Gasteiger partial charge in [-0.1, -0.05) is 22.4 Å². The molecule has 96 valence electrons. The van der Waals surface area contributed by atoms with Gasteiger partial charge in [0, 0.05) is 16.8 Å². The van der Waals surface area contributed by atoms with Crippen LogP contribution in [0.2, 0.25) is 0 Å². The Labute approximate surface area is 115 Å². The molecule has 1 aromatic rings. The molecule has 0 aromatic heterocycles. The van der Waals surface area contributed by atoms with E-state index in [9.17, 15) is 9.18 Å². The lowest BCUT2D eigenvalue weighted by Crippen LogP contribution is -2.22. The summed E-state index contributed by atoms with van der Waals surface area (Å²) in [5, 5.41) is 0. The molecular weight excluding hydrogens is 295 g/mol. The van der Waals surface area contributed by atoms with Gasteiger partial charge < -0.3 is 0 Å². The second-order valence-electron chi connectivity index (χ2n) is 5.66. The van der Waals surface area contributed by atoms with Gasteiger partial charge in [-0.05, 0) is 54.9 Å². The first-order chi connectivity index (χ1) is 8.63. The van der Waals surface area contributed by atoms with Crippen LogP contribution >= 0.6 is 15.9 Å². The van der Waals surface area contributed by atoms with Crippen molar-refractivity contribution in [2.45, 2.75) is 32.1 Å². The molecule has 3 atom stereocenters. The number of hydrogen-bond acceptors (Lipinski definition) is 1. The molecular formula is C15H16BrFO. The minimum Gasteiger partial charge on any atom is -0.299 e. The Bertz CT molecular complexity index is 485. The summed E-state index contributed by atoms with van der Waals surface area (Å²) in [4.78, 5) is 12.3. The Balaban J connectivity index is 1.72. The summed E-state index contributed by atoms with van der Waals surface area (Å²) in [5.41, 5.74) is 0.525. The molecule has 3 unspecified atom stereocenters. The highest BCUT2D eigenvalue weighted by atomic mass is 79.9. The predicted molar refractivity (Wildman–Crippen MR) is 71.7 cm³/mol. The molecule has 1 aromatic carbocycles. The number of benzene rings is 1. The summed E-state index contributed by atoms with van der Waals surface area (Å²) in [6, 6.07) is 4.81. The highest BCUT2D eigenvalue weighted by Gasteiger charge is 2.42. The molecule has 2 aliphatic carbocycles. The van der Waals surface area contributed by atoms with Crippen molar-refractivity contribution in [2.75, 3.05) is 0 Å². The maximum atomic E-state index is 13.6. The van der Waals surface area contributed by atoms with Crippen molar-refractivity contribution in [3.8, 4) is 0 Å². The predicted octanol–water partition coefficient (Wildman–Crippen LogP) is 4.14. The van der Waals surface area contributed by atoms with E-state index in [1.807, 2.05) is 0 Å². The van der Waals surface area contributed by atoms with Crippen molar-refractivity contribution in [1.82, 2.24) is 0 Å². The van der Waals surface area contributed by atoms with E-state index in [0.29, 0.717) is 11.5 Å². The summed E-state index contributed by atoms with van der Waals surface area (Å²) in [6.45, 7) is 0. The summed E-state index contributed by atoms with van der Waals surface area (Å²) < 4.78 is 14.5. The van der Waals surface area contributed by atoms with Crippen molar-refractivity contribution in [2.24, 2.45) is 17.8 Å². The maximum absolute atomic E-state index is 13.6. The van der Waals surface area contributed by atoms with Gasteiger partial charge in [-0.15, -0.1) is 0 Å².